The molecule has 0 atom stereocenters. The summed E-state index contributed by atoms with van der Waals surface area (Å²) in [5.41, 5.74) is 9.12. The summed E-state index contributed by atoms with van der Waals surface area (Å²) in [5.74, 6) is 3.77. The third kappa shape index (κ3) is 4.86. The molecule has 6 aromatic rings. The number of hydrogen-bond acceptors (Lipinski definition) is 5. The summed E-state index contributed by atoms with van der Waals surface area (Å²) in [6.45, 7) is 9.75. The van der Waals surface area contributed by atoms with Crippen LogP contribution < -0.4 is 14.5 Å². The van der Waals surface area contributed by atoms with Crippen molar-refractivity contribution in [3.63, 3.8) is 0 Å². The Balaban J connectivity index is 1.33. The van der Waals surface area contributed by atoms with Gasteiger partial charge in [-0.1, -0.05) is 82.3 Å². The van der Waals surface area contributed by atoms with E-state index in [0.717, 1.165) is 40.7 Å². The number of ether oxygens (including phenoxy) is 1. The van der Waals surface area contributed by atoms with Gasteiger partial charge in [0.05, 0.1) is 29.1 Å². The average molecular weight is 580 g/mol. The van der Waals surface area contributed by atoms with Crippen LogP contribution in [-0.2, 0) is 0 Å². The van der Waals surface area contributed by atoms with Gasteiger partial charge in [-0.2, -0.15) is 4.98 Å². The van der Waals surface area contributed by atoms with Gasteiger partial charge in [-0.05, 0) is 65.4 Å². The summed E-state index contributed by atoms with van der Waals surface area (Å²) >= 11 is 0. The molecule has 0 unspecified atom stereocenters. The first-order chi connectivity index (χ1) is 21.4. The number of nitrogens with zero attached hydrogens (tertiary/aromatic N) is 5. The van der Waals surface area contributed by atoms with Gasteiger partial charge in [0.15, 0.2) is 0 Å². The molecule has 220 valence electrons. The molecule has 0 fully saturated rings. The van der Waals surface area contributed by atoms with Crippen molar-refractivity contribution >= 4 is 28.2 Å². The molecule has 6 heteroatoms. The fourth-order valence-electron chi connectivity index (χ4n) is 6.24. The number of aromatic nitrogens is 3. The maximum atomic E-state index is 6.44. The van der Waals surface area contributed by atoms with Gasteiger partial charge in [0, 0.05) is 30.4 Å². The van der Waals surface area contributed by atoms with Crippen LogP contribution in [0.2, 0.25) is 0 Å². The monoisotopic (exact) mass is 579 g/mol. The fourth-order valence-corrected chi connectivity index (χ4v) is 6.24. The van der Waals surface area contributed by atoms with Gasteiger partial charge in [0.1, 0.15) is 17.4 Å². The molecule has 3 heterocycles. The Hall–Kier alpha value is -5.10. The van der Waals surface area contributed by atoms with E-state index in [0.29, 0.717) is 23.5 Å². The van der Waals surface area contributed by atoms with Gasteiger partial charge in [0.2, 0.25) is 5.88 Å². The lowest BCUT2D eigenvalue weighted by atomic mass is 9.88. The summed E-state index contributed by atoms with van der Waals surface area (Å²) in [7, 11) is 2.10. The molecule has 6 nitrogen and oxygen atoms in total. The third-order valence-electron chi connectivity index (χ3n) is 8.38. The third-order valence-corrected chi connectivity index (χ3v) is 8.38. The van der Waals surface area contributed by atoms with E-state index in [1.165, 1.54) is 22.4 Å². The minimum absolute atomic E-state index is 0.354. The molecule has 44 heavy (non-hydrogen) atoms. The zero-order chi connectivity index (χ0) is 30.4. The van der Waals surface area contributed by atoms with Crippen molar-refractivity contribution in [1.82, 2.24) is 14.5 Å². The normalized spacial score (nSPS) is 12.9. The van der Waals surface area contributed by atoms with Crippen LogP contribution in [0.3, 0.4) is 0 Å². The van der Waals surface area contributed by atoms with Gasteiger partial charge in [-0.25, -0.2) is 4.98 Å². The first-order valence-corrected chi connectivity index (χ1v) is 15.3. The number of benzene rings is 4. The molecule has 7 rings (SSSR count). The van der Waals surface area contributed by atoms with Gasteiger partial charge in [0.25, 0.3) is 0 Å². The molecule has 0 N–H and O–H groups in total. The Bertz CT molecular complexity index is 1930. The van der Waals surface area contributed by atoms with E-state index in [2.05, 4.69) is 128 Å². The summed E-state index contributed by atoms with van der Waals surface area (Å²) in [4.78, 5) is 14.6. The largest absolute Gasteiger partial charge is 0.439 e. The second kappa shape index (κ2) is 11.2. The van der Waals surface area contributed by atoms with Crippen LogP contribution in [0.4, 0.5) is 17.2 Å². The number of pyridine rings is 1. The average Bonchev–Trinajstić information content (AvgIpc) is 3.58. The molecule has 1 aliphatic rings. The molecule has 0 bridgehead atoms. The van der Waals surface area contributed by atoms with Crippen molar-refractivity contribution in [3.05, 3.63) is 120 Å². The molecule has 1 aliphatic heterocycles. The van der Waals surface area contributed by atoms with Gasteiger partial charge in [-0.3, -0.25) is 4.57 Å². The zero-order valence-corrected chi connectivity index (χ0v) is 25.9. The predicted molar refractivity (Wildman–Crippen MR) is 181 cm³/mol. The fraction of sp³-hybridized carbons (Fsp3) is 0.211. The van der Waals surface area contributed by atoms with Crippen LogP contribution in [0.5, 0.6) is 11.6 Å². The topological polar surface area (TPSA) is 46.4 Å². The molecule has 0 radical (unpaired) electrons. The number of rotatable bonds is 7. The molecule has 0 spiro atoms. The van der Waals surface area contributed by atoms with E-state index in [4.69, 9.17) is 14.7 Å². The van der Waals surface area contributed by atoms with Crippen LogP contribution in [0.1, 0.15) is 50.7 Å². The zero-order valence-electron chi connectivity index (χ0n) is 25.9. The maximum Gasteiger partial charge on any atom is 0.221 e. The quantitative estimate of drug-likeness (QED) is 0.188. The van der Waals surface area contributed by atoms with Crippen LogP contribution in [0, 0.1) is 0 Å². The van der Waals surface area contributed by atoms with Crippen LogP contribution >= 0.6 is 0 Å². The van der Waals surface area contributed by atoms with E-state index in [1.54, 1.807) is 0 Å². The van der Waals surface area contributed by atoms with Crippen LogP contribution in [0.25, 0.3) is 28.1 Å². The first kappa shape index (κ1) is 27.7. The summed E-state index contributed by atoms with van der Waals surface area (Å²) in [6, 6.07) is 37.6. The number of anilines is 3. The number of fused-ring (bicyclic) bond motifs is 2. The predicted octanol–water partition coefficient (Wildman–Crippen LogP) is 9.67. The van der Waals surface area contributed by atoms with E-state index >= 15 is 0 Å². The highest BCUT2D eigenvalue weighted by molar-refractivity contribution is 5.86. The molecular formula is C38H37N5O. The lowest BCUT2D eigenvalue weighted by Gasteiger charge is -2.20. The summed E-state index contributed by atoms with van der Waals surface area (Å²) in [5, 5.41) is 0. The lowest BCUT2D eigenvalue weighted by molar-refractivity contribution is 0.463. The van der Waals surface area contributed by atoms with Crippen molar-refractivity contribution in [3.8, 4) is 28.7 Å². The van der Waals surface area contributed by atoms with E-state index in [-0.39, 0.29) is 0 Å². The van der Waals surface area contributed by atoms with Crippen molar-refractivity contribution in [2.45, 2.75) is 39.5 Å². The molecule has 2 aromatic heterocycles. The van der Waals surface area contributed by atoms with Crippen molar-refractivity contribution < 1.29 is 4.74 Å². The summed E-state index contributed by atoms with van der Waals surface area (Å²) < 4.78 is 8.71. The first-order valence-electron chi connectivity index (χ1n) is 15.3. The van der Waals surface area contributed by atoms with E-state index < -0.39 is 0 Å². The minimum atomic E-state index is 0.354. The Morgan fingerprint density at radius 1 is 0.682 bits per heavy atom. The van der Waals surface area contributed by atoms with E-state index in [9.17, 15) is 0 Å². The van der Waals surface area contributed by atoms with Gasteiger partial charge in [-0.15, -0.1) is 0 Å². The van der Waals surface area contributed by atoms with Crippen molar-refractivity contribution in [2.75, 3.05) is 23.5 Å². The minimum Gasteiger partial charge on any atom is -0.439 e. The van der Waals surface area contributed by atoms with Gasteiger partial charge >= 0.3 is 0 Å². The molecule has 0 aliphatic carbocycles. The van der Waals surface area contributed by atoms with Gasteiger partial charge < -0.3 is 14.5 Å². The molecule has 0 saturated heterocycles. The van der Waals surface area contributed by atoms with Crippen LogP contribution in [0.15, 0.2) is 109 Å². The Labute approximate surface area is 259 Å². The standard InChI is InChI=1S/C38H37N5O/c1-25(2)29-15-11-16-30(26(3)4)37(29)38-39-31-22-21-28(23-34(31)43(38)27-13-7-6-8-14-27)44-36-20-12-19-35(40-36)42-24-41(5)32-17-9-10-18-33(32)42/h6-23,25-26H,24H2,1-5H3. The highest BCUT2D eigenvalue weighted by atomic mass is 16.5. The van der Waals surface area contributed by atoms with Crippen molar-refractivity contribution in [1.29, 1.82) is 0 Å². The highest BCUT2D eigenvalue weighted by Gasteiger charge is 2.26. The SMILES string of the molecule is CC(C)c1cccc(C(C)C)c1-c1nc2ccc(Oc3cccc(N4CN(C)c5ccccc54)n3)cc2n1-c1ccccc1. The lowest BCUT2D eigenvalue weighted by Crippen LogP contribution is -2.24. The smallest absolute Gasteiger partial charge is 0.221 e. The van der Waals surface area contributed by atoms with Crippen molar-refractivity contribution in [2.24, 2.45) is 0 Å². The second-order valence-electron chi connectivity index (χ2n) is 12.1. The Kier molecular flexibility index (Phi) is 7.05. The second-order valence-corrected chi connectivity index (χ2v) is 12.1. The molecule has 0 amide bonds. The molecule has 4 aromatic carbocycles. The molecule has 0 saturated carbocycles. The molecular weight excluding hydrogens is 542 g/mol. The Morgan fingerprint density at radius 2 is 1.36 bits per heavy atom. The van der Waals surface area contributed by atoms with E-state index in [1.807, 2.05) is 30.3 Å². The maximum absolute atomic E-state index is 6.44. The van der Waals surface area contributed by atoms with Crippen LogP contribution in [-0.4, -0.2) is 28.3 Å². The summed E-state index contributed by atoms with van der Waals surface area (Å²) in [6.07, 6.45) is 0. The number of para-hydroxylation sites is 3. The highest BCUT2D eigenvalue weighted by Crippen LogP contribution is 2.41. The number of imidazole rings is 1. The Morgan fingerprint density at radius 3 is 2.09 bits per heavy atom. The number of hydrogen-bond donors (Lipinski definition) is 0.